The minimum absolute atomic E-state index is 0.487. The fourth-order valence-electron chi connectivity index (χ4n) is 1.87. The van der Waals surface area contributed by atoms with E-state index in [1.54, 1.807) is 0 Å². The smallest absolute Gasteiger partial charge is 0.137 e. The Bertz CT molecular complexity index is 379. The van der Waals surface area contributed by atoms with Gasteiger partial charge in [0.1, 0.15) is 17.3 Å². The van der Waals surface area contributed by atoms with Crippen molar-refractivity contribution in [1.29, 1.82) is 0 Å². The van der Waals surface area contributed by atoms with Gasteiger partial charge in [-0.25, -0.2) is 9.97 Å². The van der Waals surface area contributed by atoms with Gasteiger partial charge in [-0.05, 0) is 25.7 Å². The highest BCUT2D eigenvalue weighted by atomic mass is 35.5. The number of nitrogens with one attached hydrogen (secondary N) is 1. The first kappa shape index (κ1) is 11.6. The number of anilines is 1. The Hall–Kier alpha value is -0.870. The second kappa shape index (κ2) is 4.55. The van der Waals surface area contributed by atoms with Gasteiger partial charge in [-0.15, -0.1) is 0 Å². The van der Waals surface area contributed by atoms with Gasteiger partial charge in [0.2, 0.25) is 0 Å². The number of nitrogens with zero attached hydrogens (tertiary/aromatic N) is 2. The van der Waals surface area contributed by atoms with Crippen molar-refractivity contribution in [2.45, 2.75) is 38.2 Å². The van der Waals surface area contributed by atoms with Gasteiger partial charge in [0, 0.05) is 12.1 Å². The molecule has 1 aliphatic carbocycles. The molecule has 1 aliphatic rings. The van der Waals surface area contributed by atoms with Gasteiger partial charge < -0.3 is 10.4 Å². The standard InChI is InChI=1S/C11H16ClN3O/c1-2-8-9(12)14-7-15-10(8)13-6-11(16)4-3-5-11/h7,16H,2-6H2,1H3,(H,13,14,15). The van der Waals surface area contributed by atoms with Gasteiger partial charge in [-0.3, -0.25) is 0 Å². The zero-order chi connectivity index (χ0) is 11.6. The summed E-state index contributed by atoms with van der Waals surface area (Å²) in [6.45, 7) is 2.54. The molecule has 1 heterocycles. The topological polar surface area (TPSA) is 58.0 Å². The van der Waals surface area contributed by atoms with E-state index >= 15 is 0 Å². The molecule has 0 aliphatic heterocycles. The molecule has 88 valence electrons. The van der Waals surface area contributed by atoms with Crippen molar-refractivity contribution in [1.82, 2.24) is 9.97 Å². The van der Waals surface area contributed by atoms with Gasteiger partial charge in [0.05, 0.1) is 5.60 Å². The Balaban J connectivity index is 2.06. The van der Waals surface area contributed by atoms with Crippen molar-refractivity contribution in [3.8, 4) is 0 Å². The van der Waals surface area contributed by atoms with E-state index in [1.807, 2.05) is 6.92 Å². The number of hydrogen-bond acceptors (Lipinski definition) is 4. The highest BCUT2D eigenvalue weighted by Crippen LogP contribution is 2.32. The zero-order valence-electron chi connectivity index (χ0n) is 9.33. The lowest BCUT2D eigenvalue weighted by molar-refractivity contribution is -0.0202. The van der Waals surface area contributed by atoms with Gasteiger partial charge in [-0.1, -0.05) is 18.5 Å². The summed E-state index contributed by atoms with van der Waals surface area (Å²) in [4.78, 5) is 8.10. The molecule has 0 bridgehead atoms. The van der Waals surface area contributed by atoms with Crippen LogP contribution in [0.2, 0.25) is 5.15 Å². The minimum Gasteiger partial charge on any atom is -0.388 e. The average molecular weight is 242 g/mol. The van der Waals surface area contributed by atoms with E-state index < -0.39 is 5.60 Å². The second-order valence-electron chi connectivity index (χ2n) is 4.28. The summed E-state index contributed by atoms with van der Waals surface area (Å²) in [5.41, 5.74) is 0.356. The molecule has 1 aromatic rings. The van der Waals surface area contributed by atoms with E-state index in [9.17, 15) is 5.11 Å². The number of hydrogen-bond donors (Lipinski definition) is 2. The number of halogens is 1. The van der Waals surface area contributed by atoms with Gasteiger partial charge in [0.15, 0.2) is 0 Å². The average Bonchev–Trinajstić information content (AvgIpc) is 2.24. The first-order chi connectivity index (χ1) is 7.64. The maximum absolute atomic E-state index is 9.97. The second-order valence-corrected chi connectivity index (χ2v) is 4.63. The molecule has 1 fully saturated rings. The van der Waals surface area contributed by atoms with Crippen LogP contribution in [0.15, 0.2) is 6.33 Å². The maximum atomic E-state index is 9.97. The Labute approximate surface area is 100 Å². The summed E-state index contributed by atoms with van der Waals surface area (Å²) in [5.74, 6) is 0.739. The molecule has 0 amide bonds. The van der Waals surface area contributed by atoms with Crippen molar-refractivity contribution in [2.75, 3.05) is 11.9 Å². The van der Waals surface area contributed by atoms with Crippen molar-refractivity contribution in [3.05, 3.63) is 17.0 Å². The third-order valence-corrected chi connectivity index (χ3v) is 3.44. The molecule has 0 unspecified atom stereocenters. The van der Waals surface area contributed by atoms with Crippen molar-refractivity contribution >= 4 is 17.4 Å². The lowest BCUT2D eigenvalue weighted by Gasteiger charge is -2.36. The molecule has 1 aromatic heterocycles. The quantitative estimate of drug-likeness (QED) is 0.792. The number of aliphatic hydroxyl groups is 1. The van der Waals surface area contributed by atoms with Crippen molar-refractivity contribution in [2.24, 2.45) is 0 Å². The van der Waals surface area contributed by atoms with Crippen LogP contribution in [0, 0.1) is 0 Å². The molecule has 4 nitrogen and oxygen atoms in total. The predicted octanol–water partition coefficient (Wildman–Crippen LogP) is 2.02. The fourth-order valence-corrected chi connectivity index (χ4v) is 2.13. The highest BCUT2D eigenvalue weighted by Gasteiger charge is 2.34. The molecule has 16 heavy (non-hydrogen) atoms. The molecule has 0 atom stereocenters. The van der Waals surface area contributed by atoms with Crippen LogP contribution in [-0.4, -0.2) is 27.2 Å². The molecule has 0 aromatic carbocycles. The van der Waals surface area contributed by atoms with E-state index in [2.05, 4.69) is 15.3 Å². The summed E-state index contributed by atoms with van der Waals surface area (Å²) in [5, 5.41) is 13.6. The minimum atomic E-state index is -0.553. The predicted molar refractivity (Wildman–Crippen MR) is 63.7 cm³/mol. The van der Waals surface area contributed by atoms with Gasteiger partial charge >= 0.3 is 0 Å². The largest absolute Gasteiger partial charge is 0.388 e. The first-order valence-electron chi connectivity index (χ1n) is 5.60. The summed E-state index contributed by atoms with van der Waals surface area (Å²) in [6.07, 6.45) is 5.04. The normalized spacial score (nSPS) is 17.9. The van der Waals surface area contributed by atoms with Crippen molar-refractivity contribution in [3.63, 3.8) is 0 Å². The van der Waals surface area contributed by atoms with Gasteiger partial charge in [-0.2, -0.15) is 0 Å². The third-order valence-electron chi connectivity index (χ3n) is 3.12. The van der Waals surface area contributed by atoms with Crippen LogP contribution in [0.4, 0.5) is 5.82 Å². The zero-order valence-corrected chi connectivity index (χ0v) is 10.1. The van der Waals surface area contributed by atoms with Gasteiger partial charge in [0.25, 0.3) is 0 Å². The molecular formula is C11H16ClN3O. The van der Waals surface area contributed by atoms with Crippen LogP contribution in [0.25, 0.3) is 0 Å². The van der Waals surface area contributed by atoms with E-state index in [4.69, 9.17) is 11.6 Å². The van der Waals surface area contributed by atoms with Crippen LogP contribution in [0.5, 0.6) is 0 Å². The Morgan fingerprint density at radius 3 is 2.81 bits per heavy atom. The molecule has 2 N–H and O–H groups in total. The van der Waals surface area contributed by atoms with Crippen LogP contribution in [-0.2, 0) is 6.42 Å². The molecule has 0 radical (unpaired) electrons. The number of aromatic nitrogens is 2. The Morgan fingerprint density at radius 2 is 2.25 bits per heavy atom. The Morgan fingerprint density at radius 1 is 1.50 bits per heavy atom. The number of rotatable bonds is 4. The third kappa shape index (κ3) is 2.28. The van der Waals surface area contributed by atoms with E-state index in [0.29, 0.717) is 11.7 Å². The molecular weight excluding hydrogens is 226 g/mol. The lowest BCUT2D eigenvalue weighted by Crippen LogP contribution is -2.43. The van der Waals surface area contributed by atoms with Crippen LogP contribution in [0.1, 0.15) is 31.7 Å². The molecule has 0 saturated heterocycles. The van der Waals surface area contributed by atoms with Crippen LogP contribution < -0.4 is 5.32 Å². The van der Waals surface area contributed by atoms with Crippen molar-refractivity contribution < 1.29 is 5.11 Å². The summed E-state index contributed by atoms with van der Waals surface area (Å²) in [7, 11) is 0. The van der Waals surface area contributed by atoms with Crippen LogP contribution in [0.3, 0.4) is 0 Å². The fraction of sp³-hybridized carbons (Fsp3) is 0.636. The lowest BCUT2D eigenvalue weighted by atomic mass is 9.80. The molecule has 5 heteroatoms. The Kier molecular flexibility index (Phi) is 3.30. The SMILES string of the molecule is CCc1c(Cl)ncnc1NCC1(O)CCC1. The van der Waals surface area contributed by atoms with E-state index in [0.717, 1.165) is 37.1 Å². The van der Waals surface area contributed by atoms with E-state index in [1.165, 1.54) is 6.33 Å². The highest BCUT2D eigenvalue weighted by molar-refractivity contribution is 6.30. The molecule has 0 spiro atoms. The first-order valence-corrected chi connectivity index (χ1v) is 5.98. The summed E-state index contributed by atoms with van der Waals surface area (Å²) >= 11 is 5.97. The van der Waals surface area contributed by atoms with Crippen LogP contribution >= 0.6 is 11.6 Å². The summed E-state index contributed by atoms with van der Waals surface area (Å²) < 4.78 is 0. The van der Waals surface area contributed by atoms with E-state index in [-0.39, 0.29) is 0 Å². The monoisotopic (exact) mass is 241 g/mol. The molecule has 1 saturated carbocycles. The maximum Gasteiger partial charge on any atom is 0.137 e. The summed E-state index contributed by atoms with van der Waals surface area (Å²) in [6, 6.07) is 0. The molecule has 2 rings (SSSR count).